The molecule has 0 aromatic rings. The smallest absolute Gasteiger partial charge is 0.0509 e. The summed E-state index contributed by atoms with van der Waals surface area (Å²) in [6, 6.07) is 0.460. The lowest BCUT2D eigenvalue weighted by Gasteiger charge is -2.29. The Kier molecular flexibility index (Phi) is 8.67. The maximum absolute atomic E-state index is 5.66. The summed E-state index contributed by atoms with van der Waals surface area (Å²) in [5.74, 6) is 6.29. The highest BCUT2D eigenvalue weighted by molar-refractivity contribution is 4.76. The third-order valence-corrected chi connectivity index (χ3v) is 3.85. The van der Waals surface area contributed by atoms with Gasteiger partial charge in [-0.2, -0.15) is 0 Å². The number of hydrazine groups is 1. The van der Waals surface area contributed by atoms with E-state index in [-0.39, 0.29) is 0 Å². The molecule has 0 bridgehead atoms. The van der Waals surface area contributed by atoms with E-state index >= 15 is 0 Å². The van der Waals surface area contributed by atoms with E-state index in [1.54, 1.807) is 0 Å². The topological polar surface area (TPSA) is 47.3 Å². The summed E-state index contributed by atoms with van der Waals surface area (Å²) in [7, 11) is 0. The third-order valence-electron chi connectivity index (χ3n) is 3.85. The average molecular weight is 242 g/mol. The number of unbranched alkanes of at least 4 members (excludes halogenated alkanes) is 5. The van der Waals surface area contributed by atoms with Crippen molar-refractivity contribution in [3.8, 4) is 0 Å². The van der Waals surface area contributed by atoms with E-state index in [4.69, 9.17) is 10.6 Å². The van der Waals surface area contributed by atoms with Crippen molar-refractivity contribution in [2.45, 2.75) is 70.8 Å². The number of hydrogen-bond acceptors (Lipinski definition) is 3. The van der Waals surface area contributed by atoms with Gasteiger partial charge in [0.2, 0.25) is 0 Å². The molecule has 0 amide bonds. The largest absolute Gasteiger partial charge is 0.381 e. The van der Waals surface area contributed by atoms with Crippen molar-refractivity contribution in [2.75, 3.05) is 13.2 Å². The summed E-state index contributed by atoms with van der Waals surface area (Å²) in [6.45, 7) is 4.09. The summed E-state index contributed by atoms with van der Waals surface area (Å²) in [6.07, 6.45) is 11.8. The van der Waals surface area contributed by atoms with E-state index in [0.29, 0.717) is 12.0 Å². The Morgan fingerprint density at radius 3 is 2.65 bits per heavy atom. The zero-order chi connectivity index (χ0) is 12.3. The SMILES string of the molecule is CCCCCCCCC(NN)C1CCCOC1. The van der Waals surface area contributed by atoms with Gasteiger partial charge in [0.05, 0.1) is 6.61 Å². The monoisotopic (exact) mass is 242 g/mol. The predicted molar refractivity (Wildman–Crippen MR) is 72.6 cm³/mol. The second-order valence-electron chi connectivity index (χ2n) is 5.31. The summed E-state index contributed by atoms with van der Waals surface area (Å²) >= 11 is 0. The molecular weight excluding hydrogens is 212 g/mol. The van der Waals surface area contributed by atoms with Crippen LogP contribution in [0.1, 0.15) is 64.7 Å². The van der Waals surface area contributed by atoms with Gasteiger partial charge in [0, 0.05) is 12.6 Å². The van der Waals surface area contributed by atoms with E-state index in [1.807, 2.05) is 0 Å². The molecule has 2 unspecified atom stereocenters. The first-order valence-corrected chi connectivity index (χ1v) is 7.42. The van der Waals surface area contributed by atoms with Gasteiger partial charge in [-0.15, -0.1) is 0 Å². The van der Waals surface area contributed by atoms with Gasteiger partial charge in [0.1, 0.15) is 0 Å². The van der Waals surface area contributed by atoms with E-state index in [2.05, 4.69) is 12.3 Å². The fourth-order valence-electron chi connectivity index (χ4n) is 2.68. The van der Waals surface area contributed by atoms with Crippen LogP contribution in [0.3, 0.4) is 0 Å². The molecule has 2 atom stereocenters. The molecule has 1 saturated heterocycles. The van der Waals surface area contributed by atoms with Crippen LogP contribution in [0.5, 0.6) is 0 Å². The van der Waals surface area contributed by atoms with Gasteiger partial charge in [-0.05, 0) is 25.2 Å². The molecule has 3 N–H and O–H groups in total. The molecule has 1 rings (SSSR count). The number of nitrogens with two attached hydrogens (primary N) is 1. The summed E-state index contributed by atoms with van der Waals surface area (Å²) in [5, 5.41) is 0. The maximum atomic E-state index is 5.66. The second kappa shape index (κ2) is 9.86. The lowest BCUT2D eigenvalue weighted by atomic mass is 9.90. The standard InChI is InChI=1S/C14H30N2O/c1-2-3-4-5-6-7-10-14(16-15)13-9-8-11-17-12-13/h13-14,16H,2-12,15H2,1H3. The Labute approximate surface area is 106 Å². The maximum Gasteiger partial charge on any atom is 0.0509 e. The van der Waals surface area contributed by atoms with Gasteiger partial charge in [-0.1, -0.05) is 45.4 Å². The molecule has 1 aliphatic heterocycles. The van der Waals surface area contributed by atoms with Gasteiger partial charge >= 0.3 is 0 Å². The van der Waals surface area contributed by atoms with E-state index in [0.717, 1.165) is 13.2 Å². The first-order valence-electron chi connectivity index (χ1n) is 7.42. The molecule has 0 aliphatic carbocycles. The Bertz CT molecular complexity index is 170. The molecule has 0 saturated carbocycles. The minimum absolute atomic E-state index is 0.460. The molecule has 3 heteroatoms. The van der Waals surface area contributed by atoms with Crippen LogP contribution in [0.15, 0.2) is 0 Å². The van der Waals surface area contributed by atoms with Gasteiger partial charge < -0.3 is 4.74 Å². The van der Waals surface area contributed by atoms with Crippen LogP contribution in [0.2, 0.25) is 0 Å². The van der Waals surface area contributed by atoms with Crippen LogP contribution in [0.4, 0.5) is 0 Å². The Morgan fingerprint density at radius 1 is 1.24 bits per heavy atom. The molecule has 3 nitrogen and oxygen atoms in total. The molecular formula is C14H30N2O. The van der Waals surface area contributed by atoms with Crippen molar-refractivity contribution in [1.82, 2.24) is 5.43 Å². The molecule has 102 valence electrons. The zero-order valence-electron chi connectivity index (χ0n) is 11.4. The lowest BCUT2D eigenvalue weighted by molar-refractivity contribution is 0.0375. The first-order chi connectivity index (χ1) is 8.38. The highest BCUT2D eigenvalue weighted by atomic mass is 16.5. The first kappa shape index (κ1) is 14.9. The molecule has 0 spiro atoms. The number of ether oxygens (including phenoxy) is 1. The summed E-state index contributed by atoms with van der Waals surface area (Å²) < 4.78 is 5.53. The van der Waals surface area contributed by atoms with Gasteiger partial charge in [0.25, 0.3) is 0 Å². The molecule has 0 aromatic heterocycles. The zero-order valence-corrected chi connectivity index (χ0v) is 11.4. The van der Waals surface area contributed by atoms with E-state index in [1.165, 1.54) is 57.8 Å². The van der Waals surface area contributed by atoms with Crippen molar-refractivity contribution < 1.29 is 4.74 Å². The van der Waals surface area contributed by atoms with Crippen LogP contribution in [-0.2, 0) is 4.74 Å². The number of rotatable bonds is 9. The quantitative estimate of drug-likeness (QED) is 0.371. The van der Waals surface area contributed by atoms with Crippen molar-refractivity contribution in [3.63, 3.8) is 0 Å². The summed E-state index contributed by atoms with van der Waals surface area (Å²) in [5.41, 5.74) is 2.99. The fraction of sp³-hybridized carbons (Fsp3) is 1.00. The molecule has 17 heavy (non-hydrogen) atoms. The normalized spacial score (nSPS) is 22.6. The lowest BCUT2D eigenvalue weighted by Crippen LogP contribution is -2.43. The molecule has 1 aliphatic rings. The minimum Gasteiger partial charge on any atom is -0.381 e. The number of nitrogens with one attached hydrogen (secondary N) is 1. The van der Waals surface area contributed by atoms with Crippen molar-refractivity contribution in [3.05, 3.63) is 0 Å². The molecule has 0 radical (unpaired) electrons. The average Bonchev–Trinajstić information content (AvgIpc) is 2.39. The number of hydrogen-bond donors (Lipinski definition) is 2. The van der Waals surface area contributed by atoms with Gasteiger partial charge in [-0.25, -0.2) is 0 Å². The van der Waals surface area contributed by atoms with E-state index in [9.17, 15) is 0 Å². The van der Waals surface area contributed by atoms with Crippen LogP contribution in [0.25, 0.3) is 0 Å². The van der Waals surface area contributed by atoms with Gasteiger partial charge in [0.15, 0.2) is 0 Å². The Morgan fingerprint density at radius 2 is 2.00 bits per heavy atom. The van der Waals surface area contributed by atoms with Crippen molar-refractivity contribution in [2.24, 2.45) is 11.8 Å². The van der Waals surface area contributed by atoms with Crippen LogP contribution >= 0.6 is 0 Å². The van der Waals surface area contributed by atoms with Gasteiger partial charge in [-0.3, -0.25) is 11.3 Å². The molecule has 1 fully saturated rings. The second-order valence-corrected chi connectivity index (χ2v) is 5.31. The van der Waals surface area contributed by atoms with Crippen molar-refractivity contribution >= 4 is 0 Å². The highest BCUT2D eigenvalue weighted by Crippen LogP contribution is 2.21. The van der Waals surface area contributed by atoms with Crippen LogP contribution in [-0.4, -0.2) is 19.3 Å². The predicted octanol–water partition coefficient (Wildman–Crippen LogP) is 3.00. The minimum atomic E-state index is 0.460. The Balaban J connectivity index is 2.05. The highest BCUT2D eigenvalue weighted by Gasteiger charge is 2.22. The van der Waals surface area contributed by atoms with Crippen LogP contribution < -0.4 is 11.3 Å². The molecule has 1 heterocycles. The fourth-order valence-corrected chi connectivity index (χ4v) is 2.68. The van der Waals surface area contributed by atoms with E-state index < -0.39 is 0 Å². The van der Waals surface area contributed by atoms with Crippen molar-refractivity contribution in [1.29, 1.82) is 0 Å². The third kappa shape index (κ3) is 6.39. The Hall–Kier alpha value is -0.120. The molecule has 0 aromatic carbocycles. The summed E-state index contributed by atoms with van der Waals surface area (Å²) in [4.78, 5) is 0. The van der Waals surface area contributed by atoms with Crippen LogP contribution in [0, 0.1) is 5.92 Å².